The van der Waals surface area contributed by atoms with Crippen molar-refractivity contribution in [2.75, 3.05) is 6.61 Å². The molecule has 1 N–H and O–H groups in total. The predicted molar refractivity (Wildman–Crippen MR) is 74.7 cm³/mol. The molecule has 0 aliphatic rings. The number of aliphatic hydroxyl groups excluding tert-OH is 1. The monoisotopic (exact) mass is 276 g/mol. The van der Waals surface area contributed by atoms with E-state index in [9.17, 15) is 9.50 Å². The first-order valence-corrected chi connectivity index (χ1v) is 6.49. The highest BCUT2D eigenvalue weighted by molar-refractivity contribution is 5.41. The van der Waals surface area contributed by atoms with Gasteiger partial charge in [-0.2, -0.15) is 0 Å². The van der Waals surface area contributed by atoms with Gasteiger partial charge in [0.05, 0.1) is 12.7 Å². The van der Waals surface area contributed by atoms with Crippen LogP contribution in [0.4, 0.5) is 4.39 Å². The number of ether oxygens (including phenoxy) is 2. The Morgan fingerprint density at radius 1 is 1.10 bits per heavy atom. The SMILES string of the molecule is CCOc1ccc(Oc2c(F)cccc2[C@H](C)O)cc1. The average Bonchev–Trinajstić information content (AvgIpc) is 2.43. The normalized spacial score (nSPS) is 12.0. The van der Waals surface area contributed by atoms with Crippen LogP contribution in [0.25, 0.3) is 0 Å². The van der Waals surface area contributed by atoms with Gasteiger partial charge in [-0.25, -0.2) is 4.39 Å². The molecule has 1 atom stereocenters. The van der Waals surface area contributed by atoms with Crippen molar-refractivity contribution in [3.05, 3.63) is 53.8 Å². The molecule has 0 aliphatic carbocycles. The van der Waals surface area contributed by atoms with Crippen LogP contribution < -0.4 is 9.47 Å². The van der Waals surface area contributed by atoms with Gasteiger partial charge in [0, 0.05) is 5.56 Å². The average molecular weight is 276 g/mol. The van der Waals surface area contributed by atoms with Crippen molar-refractivity contribution in [1.29, 1.82) is 0 Å². The third kappa shape index (κ3) is 3.27. The van der Waals surface area contributed by atoms with Gasteiger partial charge in [-0.15, -0.1) is 0 Å². The number of hydrogen-bond donors (Lipinski definition) is 1. The maximum atomic E-state index is 13.8. The number of rotatable bonds is 5. The second kappa shape index (κ2) is 6.39. The summed E-state index contributed by atoms with van der Waals surface area (Å²) in [5, 5.41) is 9.65. The van der Waals surface area contributed by atoms with E-state index in [4.69, 9.17) is 9.47 Å². The molecule has 106 valence electrons. The molecule has 0 heterocycles. The highest BCUT2D eigenvalue weighted by atomic mass is 19.1. The van der Waals surface area contributed by atoms with Crippen molar-refractivity contribution < 1.29 is 19.0 Å². The van der Waals surface area contributed by atoms with Crippen molar-refractivity contribution in [2.45, 2.75) is 20.0 Å². The Labute approximate surface area is 117 Å². The number of para-hydroxylation sites is 1. The summed E-state index contributed by atoms with van der Waals surface area (Å²) in [6.07, 6.45) is -0.802. The zero-order valence-electron chi connectivity index (χ0n) is 11.5. The van der Waals surface area contributed by atoms with Crippen LogP contribution in [0, 0.1) is 5.82 Å². The van der Waals surface area contributed by atoms with Crippen LogP contribution in [-0.4, -0.2) is 11.7 Å². The summed E-state index contributed by atoms with van der Waals surface area (Å²) in [7, 11) is 0. The fraction of sp³-hybridized carbons (Fsp3) is 0.250. The summed E-state index contributed by atoms with van der Waals surface area (Å²) in [5.74, 6) is 0.758. The lowest BCUT2D eigenvalue weighted by molar-refractivity contribution is 0.194. The molecular weight excluding hydrogens is 259 g/mol. The number of aliphatic hydroxyl groups is 1. The Hall–Kier alpha value is -2.07. The van der Waals surface area contributed by atoms with Crippen LogP contribution in [-0.2, 0) is 0 Å². The third-order valence-corrected chi connectivity index (χ3v) is 2.80. The van der Waals surface area contributed by atoms with Crippen molar-refractivity contribution in [1.82, 2.24) is 0 Å². The predicted octanol–water partition coefficient (Wildman–Crippen LogP) is 4.07. The Morgan fingerprint density at radius 2 is 1.75 bits per heavy atom. The first kappa shape index (κ1) is 14.3. The number of halogens is 1. The fourth-order valence-electron chi connectivity index (χ4n) is 1.85. The lowest BCUT2D eigenvalue weighted by Crippen LogP contribution is -1.98. The quantitative estimate of drug-likeness (QED) is 0.894. The molecule has 20 heavy (non-hydrogen) atoms. The maximum absolute atomic E-state index is 13.8. The topological polar surface area (TPSA) is 38.7 Å². The molecule has 0 amide bonds. The van der Waals surface area contributed by atoms with E-state index >= 15 is 0 Å². The molecule has 0 aromatic heterocycles. The lowest BCUT2D eigenvalue weighted by Gasteiger charge is -2.14. The second-order valence-corrected chi connectivity index (χ2v) is 4.34. The minimum atomic E-state index is -0.802. The summed E-state index contributed by atoms with van der Waals surface area (Å²) in [6, 6.07) is 11.4. The van der Waals surface area contributed by atoms with E-state index in [1.165, 1.54) is 6.07 Å². The minimum absolute atomic E-state index is 0.0478. The molecule has 0 unspecified atom stereocenters. The van der Waals surface area contributed by atoms with Crippen molar-refractivity contribution in [2.24, 2.45) is 0 Å². The Bertz CT molecular complexity index is 564. The van der Waals surface area contributed by atoms with Crippen molar-refractivity contribution in [3.8, 4) is 17.2 Å². The lowest BCUT2D eigenvalue weighted by atomic mass is 10.1. The summed E-state index contributed by atoms with van der Waals surface area (Å²) < 4.78 is 24.7. The van der Waals surface area contributed by atoms with Gasteiger partial charge >= 0.3 is 0 Å². The van der Waals surface area contributed by atoms with Crippen LogP contribution >= 0.6 is 0 Å². The zero-order valence-corrected chi connectivity index (χ0v) is 11.5. The Balaban J connectivity index is 2.25. The molecular formula is C16H17FO3. The van der Waals surface area contributed by atoms with Gasteiger partial charge in [0.15, 0.2) is 11.6 Å². The van der Waals surface area contributed by atoms with E-state index in [-0.39, 0.29) is 5.75 Å². The van der Waals surface area contributed by atoms with E-state index in [1.54, 1.807) is 43.3 Å². The largest absolute Gasteiger partial charge is 0.494 e. The molecule has 2 aromatic carbocycles. The van der Waals surface area contributed by atoms with Crippen LogP contribution in [0.2, 0.25) is 0 Å². The summed E-state index contributed by atoms with van der Waals surface area (Å²) in [5.41, 5.74) is 0.416. The molecule has 2 rings (SSSR count). The van der Waals surface area contributed by atoms with E-state index in [2.05, 4.69) is 0 Å². The second-order valence-electron chi connectivity index (χ2n) is 4.34. The number of benzene rings is 2. The zero-order chi connectivity index (χ0) is 14.5. The van der Waals surface area contributed by atoms with Gasteiger partial charge in [0.25, 0.3) is 0 Å². The Morgan fingerprint density at radius 3 is 2.35 bits per heavy atom. The highest BCUT2D eigenvalue weighted by Gasteiger charge is 2.14. The highest BCUT2D eigenvalue weighted by Crippen LogP contribution is 2.32. The van der Waals surface area contributed by atoms with Crippen LogP contribution in [0.3, 0.4) is 0 Å². The minimum Gasteiger partial charge on any atom is -0.494 e. The molecule has 0 bridgehead atoms. The van der Waals surface area contributed by atoms with Gasteiger partial charge < -0.3 is 14.6 Å². The summed E-state index contributed by atoms with van der Waals surface area (Å²) in [4.78, 5) is 0. The standard InChI is InChI=1S/C16H17FO3/c1-3-19-12-7-9-13(10-8-12)20-16-14(11(2)18)5-4-6-15(16)17/h4-11,18H,3H2,1-2H3/t11-/m0/s1. The van der Waals surface area contributed by atoms with Crippen LogP contribution in [0.15, 0.2) is 42.5 Å². The first-order chi connectivity index (χ1) is 9.61. The van der Waals surface area contributed by atoms with E-state index < -0.39 is 11.9 Å². The third-order valence-electron chi connectivity index (χ3n) is 2.80. The maximum Gasteiger partial charge on any atom is 0.168 e. The van der Waals surface area contributed by atoms with E-state index in [1.807, 2.05) is 6.92 Å². The van der Waals surface area contributed by atoms with Crippen LogP contribution in [0.5, 0.6) is 17.2 Å². The molecule has 0 radical (unpaired) electrons. The molecule has 0 aliphatic heterocycles. The first-order valence-electron chi connectivity index (χ1n) is 6.49. The van der Waals surface area contributed by atoms with Gasteiger partial charge in [0.1, 0.15) is 11.5 Å². The molecule has 0 fully saturated rings. The van der Waals surface area contributed by atoms with Gasteiger partial charge in [-0.1, -0.05) is 12.1 Å². The van der Waals surface area contributed by atoms with Crippen molar-refractivity contribution >= 4 is 0 Å². The molecule has 2 aromatic rings. The van der Waals surface area contributed by atoms with E-state index in [0.29, 0.717) is 17.9 Å². The van der Waals surface area contributed by atoms with Gasteiger partial charge in [-0.3, -0.25) is 0 Å². The van der Waals surface area contributed by atoms with Crippen LogP contribution in [0.1, 0.15) is 25.5 Å². The fourth-order valence-corrected chi connectivity index (χ4v) is 1.85. The molecule has 0 saturated carbocycles. The van der Waals surface area contributed by atoms with E-state index in [0.717, 1.165) is 5.75 Å². The van der Waals surface area contributed by atoms with Gasteiger partial charge in [-0.05, 0) is 44.2 Å². The molecule has 3 nitrogen and oxygen atoms in total. The van der Waals surface area contributed by atoms with Gasteiger partial charge in [0.2, 0.25) is 0 Å². The molecule has 0 spiro atoms. The number of hydrogen-bond acceptors (Lipinski definition) is 3. The molecule has 0 saturated heterocycles. The summed E-state index contributed by atoms with van der Waals surface area (Å²) in [6.45, 7) is 4.05. The Kier molecular flexibility index (Phi) is 4.58. The summed E-state index contributed by atoms with van der Waals surface area (Å²) >= 11 is 0. The molecule has 4 heteroatoms. The smallest absolute Gasteiger partial charge is 0.168 e. The van der Waals surface area contributed by atoms with Crippen molar-refractivity contribution in [3.63, 3.8) is 0 Å².